The highest BCUT2D eigenvalue weighted by Crippen LogP contribution is 2.27. The molecule has 2 aromatic rings. The van der Waals surface area contributed by atoms with Crippen molar-refractivity contribution >= 4 is 23.2 Å². The van der Waals surface area contributed by atoms with Crippen LogP contribution >= 0.6 is 11.6 Å². The van der Waals surface area contributed by atoms with E-state index in [-0.39, 0.29) is 5.75 Å². The Bertz CT molecular complexity index is 678. The van der Waals surface area contributed by atoms with Crippen LogP contribution in [0.15, 0.2) is 42.5 Å². The van der Waals surface area contributed by atoms with Crippen LogP contribution in [0.25, 0.3) is 0 Å². The van der Waals surface area contributed by atoms with Crippen molar-refractivity contribution in [2.75, 3.05) is 12.4 Å². The van der Waals surface area contributed by atoms with Gasteiger partial charge in [0.05, 0.1) is 12.1 Å². The van der Waals surface area contributed by atoms with Gasteiger partial charge in [0.2, 0.25) is 0 Å². The van der Waals surface area contributed by atoms with Crippen molar-refractivity contribution in [3.05, 3.63) is 53.3 Å². The number of anilines is 1. The minimum absolute atomic E-state index is 0.0258. The van der Waals surface area contributed by atoms with E-state index in [9.17, 15) is 9.18 Å². The summed E-state index contributed by atoms with van der Waals surface area (Å²) in [5, 5.41) is 3.02. The number of carbonyl (C=O) groups is 1. The third kappa shape index (κ3) is 3.89. The molecule has 0 fully saturated rings. The van der Waals surface area contributed by atoms with Gasteiger partial charge in [0, 0.05) is 5.69 Å². The number of hydrogen-bond donors (Lipinski definition) is 1. The number of nitrogens with one attached hydrogen (secondary N) is 1. The van der Waals surface area contributed by atoms with Crippen LogP contribution in [0, 0.1) is 5.82 Å². The first-order valence-electron chi connectivity index (χ1n) is 6.57. The second-order valence-electron chi connectivity index (χ2n) is 4.53. The number of methoxy groups -OCH3 is 1. The smallest absolute Gasteiger partial charge is 0.265 e. The van der Waals surface area contributed by atoms with Crippen LogP contribution in [-0.4, -0.2) is 19.1 Å². The van der Waals surface area contributed by atoms with Gasteiger partial charge in [-0.2, -0.15) is 0 Å². The van der Waals surface area contributed by atoms with Gasteiger partial charge in [0.25, 0.3) is 5.91 Å². The number of halogens is 2. The lowest BCUT2D eigenvalue weighted by Crippen LogP contribution is -2.30. The predicted molar refractivity (Wildman–Crippen MR) is 83.1 cm³/mol. The van der Waals surface area contributed by atoms with Crippen molar-refractivity contribution < 1.29 is 18.7 Å². The van der Waals surface area contributed by atoms with E-state index < -0.39 is 17.8 Å². The summed E-state index contributed by atoms with van der Waals surface area (Å²) in [6, 6.07) is 10.8. The highest BCUT2D eigenvalue weighted by molar-refractivity contribution is 6.32. The number of rotatable bonds is 5. The quantitative estimate of drug-likeness (QED) is 0.908. The Kier molecular flexibility index (Phi) is 5.22. The lowest BCUT2D eigenvalue weighted by molar-refractivity contribution is -0.122. The molecule has 1 amide bonds. The summed E-state index contributed by atoms with van der Waals surface area (Å²) < 4.78 is 23.8. The van der Waals surface area contributed by atoms with Gasteiger partial charge < -0.3 is 14.8 Å². The molecule has 0 heterocycles. The molecule has 0 radical (unpaired) electrons. The second-order valence-corrected chi connectivity index (χ2v) is 4.94. The highest BCUT2D eigenvalue weighted by Gasteiger charge is 2.17. The number of hydrogen-bond acceptors (Lipinski definition) is 3. The molecule has 0 spiro atoms. The molecular formula is C16H15ClFNO3. The largest absolute Gasteiger partial charge is 0.495 e. The van der Waals surface area contributed by atoms with Crippen molar-refractivity contribution in [3.63, 3.8) is 0 Å². The molecule has 2 aromatic carbocycles. The third-order valence-corrected chi connectivity index (χ3v) is 3.22. The first kappa shape index (κ1) is 16.1. The summed E-state index contributed by atoms with van der Waals surface area (Å²) in [5.74, 6) is -0.396. The van der Waals surface area contributed by atoms with E-state index >= 15 is 0 Å². The molecule has 0 saturated carbocycles. The Morgan fingerprint density at radius 3 is 2.59 bits per heavy atom. The summed E-state index contributed by atoms with van der Waals surface area (Å²) in [4.78, 5) is 12.1. The van der Waals surface area contributed by atoms with E-state index in [0.29, 0.717) is 16.5 Å². The van der Waals surface area contributed by atoms with Gasteiger partial charge in [0.1, 0.15) is 5.75 Å². The molecule has 0 bridgehead atoms. The molecule has 0 aromatic heterocycles. The second kappa shape index (κ2) is 7.13. The molecule has 1 atom stereocenters. The Morgan fingerprint density at radius 1 is 1.23 bits per heavy atom. The van der Waals surface area contributed by atoms with Crippen LogP contribution in [0.2, 0.25) is 5.02 Å². The molecule has 6 heteroatoms. The number of para-hydroxylation sites is 1. The lowest BCUT2D eigenvalue weighted by atomic mass is 10.2. The number of carbonyl (C=O) groups excluding carboxylic acids is 1. The molecule has 0 unspecified atom stereocenters. The Morgan fingerprint density at radius 2 is 1.95 bits per heavy atom. The fraction of sp³-hybridized carbons (Fsp3) is 0.188. The minimum atomic E-state index is -0.863. The van der Waals surface area contributed by atoms with E-state index in [4.69, 9.17) is 21.1 Å². The average Bonchev–Trinajstić information content (AvgIpc) is 2.49. The van der Waals surface area contributed by atoms with Gasteiger partial charge in [-0.1, -0.05) is 23.7 Å². The summed E-state index contributed by atoms with van der Waals surface area (Å²) in [5.41, 5.74) is 0.500. The van der Waals surface area contributed by atoms with Crippen LogP contribution in [0.1, 0.15) is 6.92 Å². The Hall–Kier alpha value is -2.27. The van der Waals surface area contributed by atoms with Gasteiger partial charge in [-0.3, -0.25) is 4.79 Å². The van der Waals surface area contributed by atoms with Crippen molar-refractivity contribution in [3.8, 4) is 11.5 Å². The molecule has 4 nitrogen and oxygen atoms in total. The van der Waals surface area contributed by atoms with Crippen LogP contribution in [0.4, 0.5) is 10.1 Å². The van der Waals surface area contributed by atoms with Crippen molar-refractivity contribution in [2.24, 2.45) is 0 Å². The Labute approximate surface area is 132 Å². The zero-order valence-electron chi connectivity index (χ0n) is 12.1. The summed E-state index contributed by atoms with van der Waals surface area (Å²) >= 11 is 5.99. The maximum absolute atomic E-state index is 13.5. The molecule has 0 aliphatic heterocycles. The highest BCUT2D eigenvalue weighted by atomic mass is 35.5. The zero-order valence-corrected chi connectivity index (χ0v) is 12.9. The maximum Gasteiger partial charge on any atom is 0.265 e. The zero-order chi connectivity index (χ0) is 16.1. The Balaban J connectivity index is 2.02. The van der Waals surface area contributed by atoms with E-state index in [1.54, 1.807) is 30.3 Å². The van der Waals surface area contributed by atoms with E-state index in [0.717, 1.165) is 0 Å². The van der Waals surface area contributed by atoms with Gasteiger partial charge >= 0.3 is 0 Å². The molecule has 0 aliphatic carbocycles. The molecule has 2 rings (SSSR count). The van der Waals surface area contributed by atoms with Crippen LogP contribution in [-0.2, 0) is 4.79 Å². The van der Waals surface area contributed by atoms with Crippen LogP contribution in [0.5, 0.6) is 11.5 Å². The van der Waals surface area contributed by atoms with E-state index in [1.165, 1.54) is 26.2 Å². The predicted octanol–water partition coefficient (Wildman–Crippen LogP) is 3.89. The van der Waals surface area contributed by atoms with E-state index in [1.807, 2.05) is 0 Å². The number of benzene rings is 2. The molecular weight excluding hydrogens is 309 g/mol. The van der Waals surface area contributed by atoms with Gasteiger partial charge in [-0.15, -0.1) is 0 Å². The van der Waals surface area contributed by atoms with Gasteiger partial charge in [0.15, 0.2) is 17.7 Å². The first-order chi connectivity index (χ1) is 10.5. The fourth-order valence-electron chi connectivity index (χ4n) is 1.77. The van der Waals surface area contributed by atoms with Gasteiger partial charge in [-0.05, 0) is 37.3 Å². The van der Waals surface area contributed by atoms with Crippen LogP contribution < -0.4 is 14.8 Å². The van der Waals surface area contributed by atoms with Crippen LogP contribution in [0.3, 0.4) is 0 Å². The number of amides is 1. The molecule has 22 heavy (non-hydrogen) atoms. The molecule has 0 aliphatic rings. The standard InChI is InChI=1S/C16H15ClFNO3/c1-10(22-15-6-4-3-5-13(15)18)16(20)19-11-7-8-14(21-2)12(17)9-11/h3-10H,1-2H3,(H,19,20)/t10-/m0/s1. The minimum Gasteiger partial charge on any atom is -0.495 e. The molecule has 116 valence electrons. The normalized spacial score (nSPS) is 11.6. The van der Waals surface area contributed by atoms with Crippen molar-refractivity contribution in [1.29, 1.82) is 0 Å². The lowest BCUT2D eigenvalue weighted by Gasteiger charge is -2.15. The SMILES string of the molecule is COc1ccc(NC(=O)[C@H](C)Oc2ccccc2F)cc1Cl. The summed E-state index contributed by atoms with van der Waals surface area (Å²) in [7, 11) is 1.50. The fourth-order valence-corrected chi connectivity index (χ4v) is 2.03. The van der Waals surface area contributed by atoms with Gasteiger partial charge in [-0.25, -0.2) is 4.39 Å². The maximum atomic E-state index is 13.5. The van der Waals surface area contributed by atoms with E-state index in [2.05, 4.69) is 5.32 Å². The monoisotopic (exact) mass is 323 g/mol. The first-order valence-corrected chi connectivity index (χ1v) is 6.94. The topological polar surface area (TPSA) is 47.6 Å². The third-order valence-electron chi connectivity index (χ3n) is 2.93. The van der Waals surface area contributed by atoms with Crippen molar-refractivity contribution in [2.45, 2.75) is 13.0 Å². The average molecular weight is 324 g/mol. The molecule has 1 N–H and O–H groups in total. The molecule has 0 saturated heterocycles. The van der Waals surface area contributed by atoms with Crippen molar-refractivity contribution in [1.82, 2.24) is 0 Å². The summed E-state index contributed by atoms with van der Waals surface area (Å²) in [6.45, 7) is 1.53. The number of ether oxygens (including phenoxy) is 2. The summed E-state index contributed by atoms with van der Waals surface area (Å²) in [6.07, 6.45) is -0.863.